The number of aromatic nitrogens is 4. The molecular formula is C50H70Cl2N6O13. The van der Waals surface area contributed by atoms with Crippen LogP contribution in [0.1, 0.15) is 22.5 Å². The molecule has 0 aliphatic heterocycles. The lowest BCUT2D eigenvalue weighted by Crippen LogP contribution is -2.33. The van der Waals surface area contributed by atoms with Gasteiger partial charge in [-0.2, -0.15) is 9.97 Å². The number of hydrogen-bond donors (Lipinski definition) is 4. The molecule has 19 nitrogen and oxygen atoms in total. The lowest BCUT2D eigenvalue weighted by molar-refractivity contribution is 0.150. The minimum absolute atomic E-state index is 0. The summed E-state index contributed by atoms with van der Waals surface area (Å²) in [7, 11) is 9.66. The Hall–Kier alpha value is -6.26. The largest absolute Gasteiger partial charge is 0.497 e. The molecule has 6 rings (SSSR count). The van der Waals surface area contributed by atoms with E-state index in [1.54, 1.807) is 42.7 Å². The van der Waals surface area contributed by atoms with E-state index in [-0.39, 0.29) is 52.4 Å². The number of nitrogens with zero attached hydrogens (tertiary/aromatic N) is 4. The highest BCUT2D eigenvalue weighted by molar-refractivity contribution is 5.85. The number of aliphatic hydroxyl groups excluding tert-OH is 2. The molecule has 6 aromatic rings. The van der Waals surface area contributed by atoms with Crippen LogP contribution in [-0.2, 0) is 25.9 Å². The van der Waals surface area contributed by atoms with Crippen molar-refractivity contribution in [1.82, 2.24) is 29.7 Å². The molecule has 2 heterocycles. The van der Waals surface area contributed by atoms with Crippen molar-refractivity contribution in [2.45, 2.75) is 52.0 Å². The molecule has 2 atom stereocenters. The number of aryl methyl sites for hydroxylation is 2. The van der Waals surface area contributed by atoms with E-state index < -0.39 is 12.2 Å². The quantitative estimate of drug-likeness (QED) is 0.0711. The Bertz CT molecular complexity index is 2420. The molecule has 0 aliphatic rings. The molecule has 0 aliphatic carbocycles. The maximum Gasteiger partial charge on any atom is 0.273 e. The second-order valence-electron chi connectivity index (χ2n) is 15.4. The van der Waals surface area contributed by atoms with E-state index in [9.17, 15) is 19.8 Å². The topological polar surface area (TPSA) is 284 Å². The van der Waals surface area contributed by atoms with Crippen LogP contribution in [0.2, 0.25) is 0 Å². The lowest BCUT2D eigenvalue weighted by Gasteiger charge is -2.20. The average Bonchev–Trinajstić information content (AvgIpc) is 3.33. The number of rotatable bonds is 22. The van der Waals surface area contributed by atoms with E-state index in [0.717, 1.165) is 58.0 Å². The van der Waals surface area contributed by atoms with Gasteiger partial charge in [0.05, 0.1) is 68.0 Å². The maximum absolute atomic E-state index is 12.0. The summed E-state index contributed by atoms with van der Waals surface area (Å²) in [6.07, 6.45) is 0.247. The van der Waals surface area contributed by atoms with Crippen LogP contribution in [-0.4, -0.2) is 127 Å². The fraction of sp³-hybridized carbons (Fsp3) is 0.360. The Balaban J connectivity index is 0.00000129. The number of halogens is 2. The van der Waals surface area contributed by atoms with E-state index in [2.05, 4.69) is 20.6 Å². The second-order valence-corrected chi connectivity index (χ2v) is 15.4. The van der Waals surface area contributed by atoms with Gasteiger partial charge in [-0.05, 0) is 124 Å². The molecular weight excluding hydrogens is 963 g/mol. The van der Waals surface area contributed by atoms with E-state index in [0.29, 0.717) is 73.9 Å². The minimum Gasteiger partial charge on any atom is -0.497 e. The minimum atomic E-state index is -0.657. The summed E-state index contributed by atoms with van der Waals surface area (Å²) < 4.78 is 35.4. The molecule has 0 amide bonds. The number of benzene rings is 4. The third kappa shape index (κ3) is 18.8. The highest BCUT2D eigenvalue weighted by Crippen LogP contribution is 2.29. The average molecular weight is 1030 g/mol. The third-order valence-corrected chi connectivity index (χ3v) is 10.8. The van der Waals surface area contributed by atoms with Gasteiger partial charge >= 0.3 is 0 Å². The number of ether oxygens (including phenoxy) is 6. The number of aliphatic hydroxyl groups is 2. The van der Waals surface area contributed by atoms with Crippen LogP contribution in [0, 0.1) is 13.8 Å². The Labute approximate surface area is 426 Å². The van der Waals surface area contributed by atoms with Crippen LogP contribution in [0.3, 0.4) is 0 Å². The van der Waals surface area contributed by atoms with Gasteiger partial charge in [0.1, 0.15) is 23.1 Å². The molecule has 4 aromatic carbocycles. The van der Waals surface area contributed by atoms with Gasteiger partial charge in [0.25, 0.3) is 11.1 Å². The summed E-state index contributed by atoms with van der Waals surface area (Å²) in [5.74, 6) is 5.27. The Morgan fingerprint density at radius 3 is 1.14 bits per heavy atom. The first-order valence-corrected chi connectivity index (χ1v) is 21.5. The molecule has 71 heavy (non-hydrogen) atoms. The van der Waals surface area contributed by atoms with Gasteiger partial charge in [-0.3, -0.25) is 9.59 Å². The van der Waals surface area contributed by atoms with Gasteiger partial charge in [0.15, 0.2) is 23.0 Å². The first-order valence-electron chi connectivity index (χ1n) is 21.5. The normalized spacial score (nSPS) is 11.0. The van der Waals surface area contributed by atoms with E-state index >= 15 is 0 Å². The highest BCUT2D eigenvalue weighted by atomic mass is 35.5. The van der Waals surface area contributed by atoms with Crippen molar-refractivity contribution in [3.05, 3.63) is 140 Å². The molecule has 0 saturated carbocycles. The predicted molar refractivity (Wildman–Crippen MR) is 280 cm³/mol. The highest BCUT2D eigenvalue weighted by Gasteiger charge is 2.16. The fourth-order valence-electron chi connectivity index (χ4n) is 7.25. The van der Waals surface area contributed by atoms with Crippen LogP contribution in [0.15, 0.2) is 107 Å². The van der Waals surface area contributed by atoms with Crippen molar-refractivity contribution in [2.75, 3.05) is 68.8 Å². The monoisotopic (exact) mass is 1030 g/mol. The third-order valence-electron chi connectivity index (χ3n) is 10.8. The SMILES string of the molecule is COc1ccc(-c2nc(=O)cc(C)n2C[C@@H](O)CNCCc2ccc(OC)c(OC)c2)cc1.COc1ccc(-c2nc(=O)cc(C)n2C[C@@H](O)CNCCc2ccc(OC)c(OC)c2)cc1.Cl.Cl.O.O.O. The van der Waals surface area contributed by atoms with Crippen molar-refractivity contribution >= 4 is 24.8 Å². The Morgan fingerprint density at radius 1 is 0.493 bits per heavy atom. The number of methoxy groups -OCH3 is 6. The number of hydrogen-bond acceptors (Lipinski definition) is 14. The zero-order chi connectivity index (χ0) is 47.6. The molecule has 0 fully saturated rings. The molecule has 0 spiro atoms. The molecule has 0 saturated heterocycles. The van der Waals surface area contributed by atoms with Gasteiger partial charge in [-0.1, -0.05) is 12.1 Å². The maximum atomic E-state index is 12.0. The number of nitrogens with one attached hydrogen (secondary N) is 2. The van der Waals surface area contributed by atoms with Crippen molar-refractivity contribution in [3.8, 4) is 57.3 Å². The summed E-state index contributed by atoms with van der Waals surface area (Å²) in [6.45, 7) is 6.49. The molecule has 0 unspecified atom stereocenters. The van der Waals surface area contributed by atoms with Crippen molar-refractivity contribution in [1.29, 1.82) is 0 Å². The molecule has 0 radical (unpaired) electrons. The van der Waals surface area contributed by atoms with Crippen LogP contribution in [0.4, 0.5) is 0 Å². The second kappa shape index (κ2) is 32.6. The lowest BCUT2D eigenvalue weighted by atomic mass is 10.1. The van der Waals surface area contributed by atoms with Gasteiger partial charge in [0.2, 0.25) is 0 Å². The van der Waals surface area contributed by atoms with Gasteiger partial charge in [-0.15, -0.1) is 24.8 Å². The smallest absolute Gasteiger partial charge is 0.273 e. The van der Waals surface area contributed by atoms with Crippen LogP contribution >= 0.6 is 24.8 Å². The zero-order valence-corrected chi connectivity index (χ0v) is 42.9. The van der Waals surface area contributed by atoms with Gasteiger partial charge < -0.3 is 74.8 Å². The standard InChI is InChI=1S/2C25H31N3O5.2ClH.3H2O/c2*1-17-13-24(30)27-25(19-6-8-21(31-2)9-7-19)28(17)16-20(29)15-26-12-11-18-5-10-22(32-3)23(14-18)33-4;;;;;/h2*5-10,13-14,20,26,29H,11-12,15-16H2,1-4H3;2*1H;3*1H2/t2*20-;;;;;/m00...../s1. The van der Waals surface area contributed by atoms with Gasteiger partial charge in [-0.25, -0.2) is 0 Å². The molecule has 0 bridgehead atoms. The Kier molecular flexibility index (Phi) is 29.7. The fourth-order valence-corrected chi connectivity index (χ4v) is 7.25. The van der Waals surface area contributed by atoms with Crippen LogP contribution in [0.5, 0.6) is 34.5 Å². The van der Waals surface area contributed by atoms with Crippen LogP contribution in [0.25, 0.3) is 22.8 Å². The Morgan fingerprint density at radius 2 is 0.831 bits per heavy atom. The van der Waals surface area contributed by atoms with Crippen LogP contribution < -0.4 is 50.2 Å². The molecule has 2 aromatic heterocycles. The summed E-state index contributed by atoms with van der Waals surface area (Å²) in [4.78, 5) is 32.5. The summed E-state index contributed by atoms with van der Waals surface area (Å²) >= 11 is 0. The summed E-state index contributed by atoms with van der Waals surface area (Å²) in [5.41, 5.74) is 4.65. The van der Waals surface area contributed by atoms with Crippen molar-refractivity contribution in [3.63, 3.8) is 0 Å². The first kappa shape index (κ1) is 64.7. The van der Waals surface area contributed by atoms with Crippen molar-refractivity contribution < 1.29 is 55.1 Å². The molecule has 21 heteroatoms. The van der Waals surface area contributed by atoms with Gasteiger partial charge in [0, 0.05) is 47.7 Å². The summed E-state index contributed by atoms with van der Waals surface area (Å²) in [5, 5.41) is 27.9. The van der Waals surface area contributed by atoms with E-state index in [1.807, 2.05) is 108 Å². The first-order chi connectivity index (χ1) is 31.9. The van der Waals surface area contributed by atoms with E-state index in [1.165, 1.54) is 12.1 Å². The molecule has 392 valence electrons. The summed E-state index contributed by atoms with van der Waals surface area (Å²) in [6, 6.07) is 29.3. The van der Waals surface area contributed by atoms with Crippen molar-refractivity contribution in [2.24, 2.45) is 0 Å². The zero-order valence-electron chi connectivity index (χ0n) is 41.3. The molecule has 10 N–H and O–H groups in total. The predicted octanol–water partition coefficient (Wildman–Crippen LogP) is 3.24. The van der Waals surface area contributed by atoms with E-state index in [4.69, 9.17) is 28.4 Å².